The van der Waals surface area contributed by atoms with Crippen LogP contribution in [0.25, 0.3) is 11.3 Å². The van der Waals surface area contributed by atoms with Crippen molar-refractivity contribution in [3.63, 3.8) is 0 Å². The van der Waals surface area contributed by atoms with E-state index in [-0.39, 0.29) is 6.03 Å². The van der Waals surface area contributed by atoms with Crippen LogP contribution in [0.15, 0.2) is 60.9 Å². The summed E-state index contributed by atoms with van der Waals surface area (Å²) in [6.45, 7) is 5.02. The van der Waals surface area contributed by atoms with Crippen LogP contribution in [0.2, 0.25) is 0 Å². The minimum atomic E-state index is -0.408. The van der Waals surface area contributed by atoms with Gasteiger partial charge in [-0.1, -0.05) is 18.2 Å². The monoisotopic (exact) mass is 419 g/mol. The van der Waals surface area contributed by atoms with E-state index in [9.17, 15) is 9.59 Å². The fourth-order valence-corrected chi connectivity index (χ4v) is 2.88. The van der Waals surface area contributed by atoms with Gasteiger partial charge in [0, 0.05) is 36.7 Å². The zero-order valence-corrected chi connectivity index (χ0v) is 17.5. The summed E-state index contributed by atoms with van der Waals surface area (Å²) in [5.74, 6) is 0.0739. The number of aromatic nitrogens is 2. The van der Waals surface area contributed by atoms with Crippen LogP contribution in [-0.2, 0) is 11.3 Å². The molecule has 3 rings (SSSR count). The lowest BCUT2D eigenvalue weighted by Gasteiger charge is -2.12. The maximum absolute atomic E-state index is 12.1. The van der Waals surface area contributed by atoms with E-state index in [0.717, 1.165) is 11.1 Å². The fourth-order valence-electron chi connectivity index (χ4n) is 2.88. The fraction of sp³-hybridized carbons (Fsp3) is 0.217. The summed E-state index contributed by atoms with van der Waals surface area (Å²) < 4.78 is 5.09. The van der Waals surface area contributed by atoms with Crippen molar-refractivity contribution in [1.29, 1.82) is 0 Å². The number of amides is 2. The third-order valence-corrected chi connectivity index (χ3v) is 4.35. The predicted molar refractivity (Wildman–Crippen MR) is 120 cm³/mol. The average Bonchev–Trinajstić information content (AvgIpc) is 2.79. The topological polar surface area (TPSA) is 105 Å². The Bertz CT molecular complexity index is 1020. The first-order chi connectivity index (χ1) is 15.1. The second kappa shape index (κ2) is 10.7. The SMILES string of the molecule is CCNc1nc(-c2ccc(NC(=O)NCc3cccnc3)cc2)ccc1C(=O)OCC. The Morgan fingerprint density at radius 3 is 2.52 bits per heavy atom. The molecule has 2 aromatic heterocycles. The summed E-state index contributed by atoms with van der Waals surface area (Å²) in [6.07, 6.45) is 3.39. The highest BCUT2D eigenvalue weighted by atomic mass is 16.5. The first-order valence-electron chi connectivity index (χ1n) is 10.1. The molecule has 160 valence electrons. The molecule has 0 aliphatic rings. The molecule has 0 saturated heterocycles. The summed E-state index contributed by atoms with van der Waals surface area (Å²) in [7, 11) is 0. The molecule has 3 N–H and O–H groups in total. The molecule has 1 aromatic carbocycles. The van der Waals surface area contributed by atoms with Crippen molar-refractivity contribution < 1.29 is 14.3 Å². The number of pyridine rings is 2. The smallest absolute Gasteiger partial charge is 0.341 e. The number of esters is 1. The second-order valence-electron chi connectivity index (χ2n) is 6.59. The summed E-state index contributed by atoms with van der Waals surface area (Å²) in [5, 5.41) is 8.69. The van der Waals surface area contributed by atoms with Crippen LogP contribution in [-0.4, -0.2) is 35.1 Å². The van der Waals surface area contributed by atoms with Gasteiger partial charge in [-0.05, 0) is 49.7 Å². The molecule has 0 bridgehead atoms. The van der Waals surface area contributed by atoms with E-state index in [2.05, 4.69) is 25.9 Å². The van der Waals surface area contributed by atoms with Crippen LogP contribution in [0.4, 0.5) is 16.3 Å². The third-order valence-electron chi connectivity index (χ3n) is 4.35. The zero-order valence-electron chi connectivity index (χ0n) is 17.5. The van der Waals surface area contributed by atoms with Crippen molar-refractivity contribution in [3.05, 3.63) is 72.1 Å². The quantitative estimate of drug-likeness (QED) is 0.475. The average molecular weight is 419 g/mol. The van der Waals surface area contributed by atoms with E-state index < -0.39 is 5.97 Å². The number of urea groups is 1. The summed E-state index contributed by atoms with van der Waals surface area (Å²) in [6, 6.07) is 14.2. The molecule has 0 saturated carbocycles. The van der Waals surface area contributed by atoms with E-state index in [1.165, 1.54) is 0 Å². The zero-order chi connectivity index (χ0) is 22.1. The molecule has 0 radical (unpaired) electrons. The molecule has 0 atom stereocenters. The molecule has 2 heterocycles. The van der Waals surface area contributed by atoms with Gasteiger partial charge in [-0.2, -0.15) is 0 Å². The highest BCUT2D eigenvalue weighted by molar-refractivity contribution is 5.95. The first kappa shape index (κ1) is 21.8. The van der Waals surface area contributed by atoms with E-state index in [1.54, 1.807) is 43.6 Å². The molecular weight excluding hydrogens is 394 g/mol. The minimum Gasteiger partial charge on any atom is -0.462 e. The molecule has 0 aliphatic heterocycles. The molecule has 31 heavy (non-hydrogen) atoms. The van der Waals surface area contributed by atoms with Crippen LogP contribution in [0.5, 0.6) is 0 Å². The standard InChI is InChI=1S/C23H25N5O3/c1-3-25-21-19(22(29)31-4-2)11-12-20(28-21)17-7-9-18(10-8-17)27-23(30)26-15-16-6-5-13-24-14-16/h5-14H,3-4,15H2,1-2H3,(H,25,28)(H2,26,27,30). The van der Waals surface area contributed by atoms with Crippen molar-refractivity contribution in [2.24, 2.45) is 0 Å². The van der Waals surface area contributed by atoms with Crippen LogP contribution in [0, 0.1) is 0 Å². The number of hydrogen-bond acceptors (Lipinski definition) is 6. The van der Waals surface area contributed by atoms with Crippen molar-refractivity contribution in [2.45, 2.75) is 20.4 Å². The molecule has 2 amide bonds. The molecule has 8 heteroatoms. The summed E-state index contributed by atoms with van der Waals surface area (Å²) in [5.41, 5.74) is 3.53. The van der Waals surface area contributed by atoms with E-state index >= 15 is 0 Å². The molecule has 8 nitrogen and oxygen atoms in total. The van der Waals surface area contributed by atoms with Gasteiger partial charge in [-0.3, -0.25) is 4.98 Å². The maximum atomic E-state index is 12.1. The number of hydrogen-bond donors (Lipinski definition) is 3. The summed E-state index contributed by atoms with van der Waals surface area (Å²) in [4.78, 5) is 32.8. The van der Waals surface area contributed by atoms with Crippen LogP contribution < -0.4 is 16.0 Å². The van der Waals surface area contributed by atoms with Gasteiger partial charge < -0.3 is 20.7 Å². The van der Waals surface area contributed by atoms with Crippen molar-refractivity contribution in [1.82, 2.24) is 15.3 Å². The third kappa shape index (κ3) is 6.02. The first-order valence-corrected chi connectivity index (χ1v) is 10.1. The van der Waals surface area contributed by atoms with Crippen molar-refractivity contribution >= 4 is 23.5 Å². The number of rotatable bonds is 8. The van der Waals surface area contributed by atoms with E-state index in [4.69, 9.17) is 4.74 Å². The van der Waals surface area contributed by atoms with Gasteiger partial charge in [0.05, 0.1) is 12.3 Å². The van der Waals surface area contributed by atoms with E-state index in [0.29, 0.717) is 42.5 Å². The summed E-state index contributed by atoms with van der Waals surface area (Å²) >= 11 is 0. The number of carbonyl (C=O) groups is 2. The number of benzene rings is 1. The molecule has 3 aromatic rings. The van der Waals surface area contributed by atoms with Gasteiger partial charge in [0.25, 0.3) is 0 Å². The molecular formula is C23H25N5O3. The van der Waals surface area contributed by atoms with Crippen LogP contribution >= 0.6 is 0 Å². The van der Waals surface area contributed by atoms with Gasteiger partial charge in [0.2, 0.25) is 0 Å². The Morgan fingerprint density at radius 1 is 1.03 bits per heavy atom. The molecule has 0 spiro atoms. The Balaban J connectivity index is 1.67. The lowest BCUT2D eigenvalue weighted by molar-refractivity contribution is 0.0527. The Kier molecular flexibility index (Phi) is 7.53. The van der Waals surface area contributed by atoms with Gasteiger partial charge in [0.1, 0.15) is 11.4 Å². The lowest BCUT2D eigenvalue weighted by atomic mass is 10.1. The predicted octanol–water partition coefficient (Wildman–Crippen LogP) is 4.07. The number of anilines is 2. The maximum Gasteiger partial charge on any atom is 0.341 e. The molecule has 0 aliphatic carbocycles. The largest absolute Gasteiger partial charge is 0.462 e. The molecule has 0 fully saturated rings. The highest BCUT2D eigenvalue weighted by Gasteiger charge is 2.15. The Labute approximate surface area is 181 Å². The normalized spacial score (nSPS) is 10.3. The Morgan fingerprint density at radius 2 is 1.84 bits per heavy atom. The van der Waals surface area contributed by atoms with Crippen LogP contribution in [0.1, 0.15) is 29.8 Å². The number of carbonyl (C=O) groups excluding carboxylic acids is 2. The van der Waals surface area contributed by atoms with Crippen molar-refractivity contribution in [2.75, 3.05) is 23.8 Å². The van der Waals surface area contributed by atoms with Gasteiger partial charge >= 0.3 is 12.0 Å². The van der Waals surface area contributed by atoms with Gasteiger partial charge in [-0.15, -0.1) is 0 Å². The lowest BCUT2D eigenvalue weighted by Crippen LogP contribution is -2.28. The Hall–Kier alpha value is -3.94. The van der Waals surface area contributed by atoms with Crippen LogP contribution in [0.3, 0.4) is 0 Å². The van der Waals surface area contributed by atoms with Gasteiger partial charge in [-0.25, -0.2) is 14.6 Å². The number of ether oxygens (including phenoxy) is 1. The molecule has 0 unspecified atom stereocenters. The van der Waals surface area contributed by atoms with Crippen molar-refractivity contribution in [3.8, 4) is 11.3 Å². The highest BCUT2D eigenvalue weighted by Crippen LogP contribution is 2.24. The van der Waals surface area contributed by atoms with Gasteiger partial charge in [0.15, 0.2) is 0 Å². The van der Waals surface area contributed by atoms with E-state index in [1.807, 2.05) is 31.2 Å². The number of nitrogens with one attached hydrogen (secondary N) is 3. The minimum absolute atomic E-state index is 0.302. The second-order valence-corrected chi connectivity index (χ2v) is 6.59. The number of nitrogens with zero attached hydrogens (tertiary/aromatic N) is 2.